The van der Waals surface area contributed by atoms with Gasteiger partial charge >= 0.3 is 0 Å². The molecule has 2 N–H and O–H groups in total. The lowest BCUT2D eigenvalue weighted by molar-refractivity contribution is -0.111. The van der Waals surface area contributed by atoms with Crippen LogP contribution in [0, 0.1) is 6.57 Å². The molecule has 4 rings (SSSR count). The third-order valence-electron chi connectivity index (χ3n) is 5.84. The first kappa shape index (κ1) is 26.1. The largest absolute Gasteiger partial charge is 0.494 e. The summed E-state index contributed by atoms with van der Waals surface area (Å²) in [5, 5.41) is 11.4. The number of anilines is 4. The molecule has 2 aromatic carbocycles. The lowest BCUT2D eigenvalue weighted by atomic mass is 10.2. The Kier molecular flexibility index (Phi) is 7.84. The second kappa shape index (κ2) is 11.4. The maximum absolute atomic E-state index is 12.2. The number of nitrogens with zero attached hydrogens (tertiary/aromatic N) is 7. The molecule has 0 radical (unpaired) electrons. The molecule has 2 aromatic heterocycles. The third-order valence-corrected chi connectivity index (χ3v) is 5.84. The Morgan fingerprint density at radius 1 is 1.18 bits per heavy atom. The van der Waals surface area contributed by atoms with E-state index in [-0.39, 0.29) is 5.91 Å². The fourth-order valence-electron chi connectivity index (χ4n) is 3.83. The van der Waals surface area contributed by atoms with Crippen molar-refractivity contribution in [1.29, 1.82) is 0 Å². The molecule has 4 aromatic rings. The van der Waals surface area contributed by atoms with Crippen molar-refractivity contribution in [3.8, 4) is 11.6 Å². The van der Waals surface area contributed by atoms with Crippen LogP contribution in [0.2, 0.25) is 0 Å². The molecular formula is C27H29N9O2. The summed E-state index contributed by atoms with van der Waals surface area (Å²) in [7, 11) is 7.55. The second-order valence-corrected chi connectivity index (χ2v) is 8.76. The van der Waals surface area contributed by atoms with Crippen molar-refractivity contribution in [2.75, 3.05) is 56.9 Å². The molecule has 0 aliphatic rings. The van der Waals surface area contributed by atoms with Gasteiger partial charge in [-0.3, -0.25) is 4.79 Å². The number of ether oxygens (including phenoxy) is 1. The highest BCUT2D eigenvalue weighted by molar-refractivity contribution is 6.02. The molecule has 0 bridgehead atoms. The molecule has 0 atom stereocenters. The lowest BCUT2D eigenvalue weighted by Crippen LogP contribution is -2.29. The molecule has 11 heteroatoms. The van der Waals surface area contributed by atoms with Crippen LogP contribution >= 0.6 is 0 Å². The van der Waals surface area contributed by atoms with Gasteiger partial charge in [0.2, 0.25) is 11.9 Å². The molecule has 0 saturated carbocycles. The number of hydrogen-bond donors (Lipinski definition) is 2. The number of carbonyl (C=O) groups is 1. The van der Waals surface area contributed by atoms with Gasteiger partial charge in [0.15, 0.2) is 11.5 Å². The highest BCUT2D eigenvalue weighted by atomic mass is 16.5. The van der Waals surface area contributed by atoms with Crippen LogP contribution in [0.5, 0.6) is 5.75 Å². The summed E-state index contributed by atoms with van der Waals surface area (Å²) in [5.41, 5.74) is 3.31. The Hall–Kier alpha value is -4.95. The predicted octanol–water partition coefficient (Wildman–Crippen LogP) is 4.24. The van der Waals surface area contributed by atoms with Crippen molar-refractivity contribution in [2.45, 2.75) is 0 Å². The molecule has 194 valence electrons. The van der Waals surface area contributed by atoms with E-state index in [0.29, 0.717) is 34.6 Å². The van der Waals surface area contributed by atoms with E-state index >= 15 is 0 Å². The first-order valence-corrected chi connectivity index (χ1v) is 11.8. The quantitative estimate of drug-likeness (QED) is 0.241. The van der Waals surface area contributed by atoms with Gasteiger partial charge in [0.05, 0.1) is 42.5 Å². The zero-order valence-corrected chi connectivity index (χ0v) is 21.8. The van der Waals surface area contributed by atoms with Gasteiger partial charge in [-0.05, 0) is 38.4 Å². The van der Waals surface area contributed by atoms with Gasteiger partial charge in [-0.15, -0.1) is 0 Å². The summed E-state index contributed by atoms with van der Waals surface area (Å²) in [5.74, 6) is 1.09. The first-order valence-electron chi connectivity index (χ1n) is 11.8. The van der Waals surface area contributed by atoms with E-state index in [1.807, 2.05) is 38.2 Å². The van der Waals surface area contributed by atoms with Gasteiger partial charge in [0.1, 0.15) is 5.75 Å². The molecule has 0 aliphatic heterocycles. The molecule has 0 saturated heterocycles. The Morgan fingerprint density at radius 3 is 2.71 bits per heavy atom. The Morgan fingerprint density at radius 2 is 2.00 bits per heavy atom. The Bertz CT molecular complexity index is 1520. The van der Waals surface area contributed by atoms with E-state index in [4.69, 9.17) is 11.3 Å². The van der Waals surface area contributed by atoms with Gasteiger partial charge in [-0.25, -0.2) is 14.5 Å². The molecule has 0 fully saturated rings. The summed E-state index contributed by atoms with van der Waals surface area (Å²) in [6.45, 7) is 12.4. The number of rotatable bonds is 10. The highest BCUT2D eigenvalue weighted by Crippen LogP contribution is 2.38. The fraction of sp³-hybridized carbons (Fsp3) is 0.222. The predicted molar refractivity (Wildman–Crippen MR) is 150 cm³/mol. The zero-order chi connectivity index (χ0) is 27.2. The van der Waals surface area contributed by atoms with Gasteiger partial charge in [0, 0.05) is 43.9 Å². The van der Waals surface area contributed by atoms with E-state index in [1.54, 1.807) is 48.5 Å². The molecule has 1 amide bonds. The number of benzene rings is 2. The second-order valence-electron chi connectivity index (χ2n) is 8.76. The number of likely N-dealkylation sites (N-methyl/N-ethyl adjacent to an activating group) is 2. The fourth-order valence-corrected chi connectivity index (χ4v) is 3.83. The van der Waals surface area contributed by atoms with E-state index < -0.39 is 0 Å². The summed E-state index contributed by atoms with van der Waals surface area (Å²) < 4.78 is 7.36. The molecule has 2 heterocycles. The maximum atomic E-state index is 12.2. The minimum atomic E-state index is -0.325. The summed E-state index contributed by atoms with van der Waals surface area (Å²) in [6.07, 6.45) is 4.55. The molecule has 38 heavy (non-hydrogen) atoms. The minimum absolute atomic E-state index is 0.317. The number of amides is 1. The summed E-state index contributed by atoms with van der Waals surface area (Å²) in [6, 6.07) is 10.8. The van der Waals surface area contributed by atoms with Crippen LogP contribution in [0.4, 0.5) is 28.7 Å². The maximum Gasteiger partial charge on any atom is 0.247 e. The number of hydrogen-bond acceptors (Lipinski definition) is 8. The van der Waals surface area contributed by atoms with Crippen LogP contribution in [0.15, 0.2) is 61.4 Å². The van der Waals surface area contributed by atoms with Gasteiger partial charge in [0.25, 0.3) is 0 Å². The van der Waals surface area contributed by atoms with Crippen molar-refractivity contribution >= 4 is 45.5 Å². The summed E-state index contributed by atoms with van der Waals surface area (Å²) in [4.78, 5) is 28.8. The number of nitrogens with one attached hydrogen (secondary N) is 2. The van der Waals surface area contributed by atoms with E-state index in [2.05, 4.69) is 42.0 Å². The van der Waals surface area contributed by atoms with Crippen molar-refractivity contribution in [2.24, 2.45) is 0 Å². The average Bonchev–Trinajstić information content (AvgIpc) is 3.35. The normalized spacial score (nSPS) is 10.7. The zero-order valence-electron chi connectivity index (χ0n) is 21.8. The van der Waals surface area contributed by atoms with Crippen LogP contribution in [0.1, 0.15) is 0 Å². The van der Waals surface area contributed by atoms with E-state index in [9.17, 15) is 4.79 Å². The van der Waals surface area contributed by atoms with Crippen molar-refractivity contribution < 1.29 is 9.53 Å². The Balaban J connectivity index is 1.69. The SMILES string of the molecule is [C-]#[N+]c1ccc2c(cnn2-c2ccnc(Nc3cc(NC(=O)C=C)c(N(C)CCN(C)C)cc3OC)n2)c1. The number of fused-ring (bicyclic) bond motifs is 1. The topological polar surface area (TPSA) is 105 Å². The van der Waals surface area contributed by atoms with Crippen LogP contribution in [0.3, 0.4) is 0 Å². The van der Waals surface area contributed by atoms with Crippen molar-refractivity contribution in [1.82, 2.24) is 24.6 Å². The molecule has 0 unspecified atom stereocenters. The molecule has 0 aliphatic carbocycles. The van der Waals surface area contributed by atoms with Crippen LogP contribution in [-0.4, -0.2) is 71.9 Å². The monoisotopic (exact) mass is 511 g/mol. The standard InChI is InChI=1S/C27H29N9O2/c1-7-26(37)31-20-15-21(24(38-6)16-23(20)35(5)13-12-34(3)4)32-27-29-11-10-25(33-27)36-22-9-8-19(28-2)14-18(22)17-30-36/h7-11,14-17H,1,12-13H2,3-6H3,(H,31,37)(H,29,32,33). The highest BCUT2D eigenvalue weighted by Gasteiger charge is 2.17. The number of aromatic nitrogens is 4. The molecular weight excluding hydrogens is 482 g/mol. The average molecular weight is 512 g/mol. The van der Waals surface area contributed by atoms with Crippen molar-refractivity contribution in [3.63, 3.8) is 0 Å². The smallest absolute Gasteiger partial charge is 0.247 e. The third kappa shape index (κ3) is 5.71. The van der Waals surface area contributed by atoms with Crippen LogP contribution in [0.25, 0.3) is 21.6 Å². The van der Waals surface area contributed by atoms with Gasteiger partial charge in [-0.1, -0.05) is 12.6 Å². The van der Waals surface area contributed by atoms with E-state index in [0.717, 1.165) is 29.7 Å². The number of carbonyl (C=O) groups excluding carboxylic acids is 1. The van der Waals surface area contributed by atoms with Crippen LogP contribution in [-0.2, 0) is 4.79 Å². The van der Waals surface area contributed by atoms with Gasteiger partial charge in [-0.2, -0.15) is 10.1 Å². The lowest BCUT2D eigenvalue weighted by Gasteiger charge is -2.26. The Labute approximate surface area is 221 Å². The van der Waals surface area contributed by atoms with Crippen LogP contribution < -0.4 is 20.3 Å². The van der Waals surface area contributed by atoms with Crippen molar-refractivity contribution in [3.05, 3.63) is 72.9 Å². The van der Waals surface area contributed by atoms with Gasteiger partial charge < -0.3 is 25.2 Å². The minimum Gasteiger partial charge on any atom is -0.494 e. The van der Waals surface area contributed by atoms with E-state index in [1.165, 1.54) is 6.08 Å². The number of methoxy groups -OCH3 is 1. The molecule has 0 spiro atoms. The summed E-state index contributed by atoms with van der Waals surface area (Å²) >= 11 is 0. The first-order chi connectivity index (χ1) is 18.3. The molecule has 11 nitrogen and oxygen atoms in total.